The van der Waals surface area contributed by atoms with Gasteiger partial charge in [0.2, 0.25) is 5.91 Å². The summed E-state index contributed by atoms with van der Waals surface area (Å²) in [5.41, 5.74) is 5.29. The first-order valence-corrected chi connectivity index (χ1v) is 5.17. The van der Waals surface area contributed by atoms with Crippen molar-refractivity contribution >= 4 is 5.91 Å². The summed E-state index contributed by atoms with van der Waals surface area (Å²) in [5.74, 6) is -0.615. The molecule has 3 nitrogen and oxygen atoms in total. The number of nitrogens with two attached hydrogens (primary N) is 1. The van der Waals surface area contributed by atoms with Crippen LogP contribution in [0.15, 0.2) is 24.3 Å². The van der Waals surface area contributed by atoms with Crippen LogP contribution in [0, 0.1) is 5.82 Å². The predicted molar refractivity (Wildman–Crippen MR) is 61.1 cm³/mol. The number of carbonyl (C=O) groups excluding carboxylic acids is 1. The molecule has 0 unspecified atom stereocenters. The lowest BCUT2D eigenvalue weighted by molar-refractivity contribution is -0.119. The van der Waals surface area contributed by atoms with Gasteiger partial charge in [0, 0.05) is 24.1 Å². The lowest BCUT2D eigenvalue weighted by atomic mass is 10.00. The number of carbonyl (C=O) groups is 1. The van der Waals surface area contributed by atoms with E-state index in [1.807, 2.05) is 13.8 Å². The van der Waals surface area contributed by atoms with Crippen molar-refractivity contribution in [1.29, 1.82) is 0 Å². The van der Waals surface area contributed by atoms with Crippen molar-refractivity contribution in [3.05, 3.63) is 35.6 Å². The minimum absolute atomic E-state index is 0.224. The number of primary amides is 1. The van der Waals surface area contributed by atoms with Crippen LogP contribution in [0.1, 0.15) is 25.8 Å². The van der Waals surface area contributed by atoms with Gasteiger partial charge in [-0.3, -0.25) is 4.79 Å². The van der Waals surface area contributed by atoms with Gasteiger partial charge < -0.3 is 11.1 Å². The molecular weight excluding hydrogens is 207 g/mol. The molecule has 1 aromatic rings. The molecule has 3 N–H and O–H groups in total. The van der Waals surface area contributed by atoms with E-state index in [9.17, 15) is 9.18 Å². The summed E-state index contributed by atoms with van der Waals surface area (Å²) in [7, 11) is 0. The molecule has 4 heteroatoms. The molecule has 0 bridgehead atoms. The average Bonchev–Trinajstić information content (AvgIpc) is 2.14. The molecule has 0 saturated carbocycles. The molecule has 0 aliphatic heterocycles. The maximum Gasteiger partial charge on any atom is 0.219 e. The Morgan fingerprint density at radius 3 is 2.62 bits per heavy atom. The average molecular weight is 224 g/mol. The van der Waals surface area contributed by atoms with Gasteiger partial charge in [-0.05, 0) is 19.9 Å². The highest BCUT2D eigenvalue weighted by Gasteiger charge is 2.19. The number of benzene rings is 1. The van der Waals surface area contributed by atoms with Crippen LogP contribution in [0.5, 0.6) is 0 Å². The molecular formula is C12H17FN2O. The highest BCUT2D eigenvalue weighted by Crippen LogP contribution is 2.11. The Hall–Kier alpha value is -1.42. The van der Waals surface area contributed by atoms with Crippen LogP contribution in [-0.4, -0.2) is 11.4 Å². The minimum atomic E-state index is -0.423. The zero-order valence-electron chi connectivity index (χ0n) is 9.59. The summed E-state index contributed by atoms with van der Waals surface area (Å²) in [4.78, 5) is 10.8. The Bertz CT molecular complexity index is 377. The standard InChI is InChI=1S/C12H17FN2O/c1-12(2,7-11(14)16)15-8-9-5-3-4-6-10(9)13/h3-6,15H,7-8H2,1-2H3,(H2,14,16). The Balaban J connectivity index is 2.57. The van der Waals surface area contributed by atoms with E-state index in [1.165, 1.54) is 6.07 Å². The Morgan fingerprint density at radius 2 is 2.06 bits per heavy atom. The third kappa shape index (κ3) is 3.98. The molecule has 0 saturated heterocycles. The first-order valence-electron chi connectivity index (χ1n) is 5.17. The predicted octanol–water partition coefficient (Wildman–Crippen LogP) is 1.57. The fourth-order valence-electron chi connectivity index (χ4n) is 1.47. The van der Waals surface area contributed by atoms with Gasteiger partial charge in [0.1, 0.15) is 5.82 Å². The van der Waals surface area contributed by atoms with E-state index in [2.05, 4.69) is 5.32 Å². The summed E-state index contributed by atoms with van der Waals surface area (Å²) >= 11 is 0. The third-order valence-corrected chi connectivity index (χ3v) is 2.33. The molecule has 16 heavy (non-hydrogen) atoms. The summed E-state index contributed by atoms with van der Waals surface area (Å²) in [6.07, 6.45) is 0.224. The molecule has 0 aromatic heterocycles. The molecule has 0 atom stereocenters. The monoisotopic (exact) mass is 224 g/mol. The van der Waals surface area contributed by atoms with Gasteiger partial charge in [0.15, 0.2) is 0 Å². The number of hydrogen-bond donors (Lipinski definition) is 2. The quantitative estimate of drug-likeness (QED) is 0.797. The first kappa shape index (κ1) is 12.6. The van der Waals surface area contributed by atoms with Crippen molar-refractivity contribution in [3.8, 4) is 0 Å². The molecule has 0 heterocycles. The van der Waals surface area contributed by atoms with Crippen LogP contribution >= 0.6 is 0 Å². The van der Waals surface area contributed by atoms with E-state index < -0.39 is 5.54 Å². The molecule has 0 radical (unpaired) electrons. The maximum absolute atomic E-state index is 13.3. The van der Waals surface area contributed by atoms with Gasteiger partial charge in [0.05, 0.1) is 0 Å². The van der Waals surface area contributed by atoms with Crippen LogP contribution in [0.3, 0.4) is 0 Å². The maximum atomic E-state index is 13.3. The molecule has 0 aliphatic rings. The summed E-state index contributed by atoms with van der Waals surface area (Å²) < 4.78 is 13.3. The lowest BCUT2D eigenvalue weighted by Crippen LogP contribution is -2.42. The Morgan fingerprint density at radius 1 is 1.44 bits per heavy atom. The molecule has 0 spiro atoms. The zero-order valence-corrected chi connectivity index (χ0v) is 9.59. The summed E-state index contributed by atoms with van der Waals surface area (Å²) in [6.45, 7) is 4.10. The SMILES string of the molecule is CC(C)(CC(N)=O)NCc1ccccc1F. The summed E-state index contributed by atoms with van der Waals surface area (Å²) in [5, 5.41) is 3.11. The second-order valence-corrected chi connectivity index (χ2v) is 4.47. The van der Waals surface area contributed by atoms with E-state index in [0.29, 0.717) is 12.1 Å². The molecule has 1 amide bonds. The van der Waals surface area contributed by atoms with E-state index in [0.717, 1.165) is 0 Å². The van der Waals surface area contributed by atoms with Crippen molar-refractivity contribution in [3.63, 3.8) is 0 Å². The van der Waals surface area contributed by atoms with Crippen molar-refractivity contribution in [2.45, 2.75) is 32.4 Å². The number of rotatable bonds is 5. The minimum Gasteiger partial charge on any atom is -0.370 e. The molecule has 0 fully saturated rings. The number of amides is 1. The van der Waals surface area contributed by atoms with Crippen LogP contribution < -0.4 is 11.1 Å². The van der Waals surface area contributed by atoms with Gasteiger partial charge in [-0.1, -0.05) is 18.2 Å². The van der Waals surface area contributed by atoms with Gasteiger partial charge >= 0.3 is 0 Å². The van der Waals surface area contributed by atoms with E-state index >= 15 is 0 Å². The summed E-state index contributed by atoms with van der Waals surface area (Å²) in [6, 6.07) is 6.55. The van der Waals surface area contributed by atoms with Crippen LogP contribution in [0.25, 0.3) is 0 Å². The van der Waals surface area contributed by atoms with Crippen molar-refractivity contribution in [1.82, 2.24) is 5.32 Å². The van der Waals surface area contributed by atoms with Crippen molar-refractivity contribution < 1.29 is 9.18 Å². The van der Waals surface area contributed by atoms with Crippen LogP contribution in [0.2, 0.25) is 0 Å². The number of nitrogens with one attached hydrogen (secondary N) is 1. The Labute approximate surface area is 94.8 Å². The Kier molecular flexibility index (Phi) is 4.01. The second-order valence-electron chi connectivity index (χ2n) is 4.47. The zero-order chi connectivity index (χ0) is 12.2. The van der Waals surface area contributed by atoms with E-state index in [1.54, 1.807) is 18.2 Å². The molecule has 1 rings (SSSR count). The highest BCUT2D eigenvalue weighted by molar-refractivity contribution is 5.74. The third-order valence-electron chi connectivity index (χ3n) is 2.33. The molecule has 0 aliphatic carbocycles. The lowest BCUT2D eigenvalue weighted by Gasteiger charge is -2.25. The van der Waals surface area contributed by atoms with Gasteiger partial charge in [-0.15, -0.1) is 0 Å². The second kappa shape index (κ2) is 5.07. The fraction of sp³-hybridized carbons (Fsp3) is 0.417. The van der Waals surface area contributed by atoms with Crippen molar-refractivity contribution in [2.75, 3.05) is 0 Å². The van der Waals surface area contributed by atoms with E-state index in [-0.39, 0.29) is 18.1 Å². The molecule has 1 aromatic carbocycles. The van der Waals surface area contributed by atoms with Crippen molar-refractivity contribution in [2.24, 2.45) is 5.73 Å². The van der Waals surface area contributed by atoms with E-state index in [4.69, 9.17) is 5.73 Å². The molecule has 88 valence electrons. The first-order chi connectivity index (χ1) is 7.41. The fourth-order valence-corrected chi connectivity index (χ4v) is 1.47. The van der Waals surface area contributed by atoms with Crippen LogP contribution in [-0.2, 0) is 11.3 Å². The highest BCUT2D eigenvalue weighted by atomic mass is 19.1. The van der Waals surface area contributed by atoms with Crippen LogP contribution in [0.4, 0.5) is 4.39 Å². The number of hydrogen-bond acceptors (Lipinski definition) is 2. The van der Waals surface area contributed by atoms with Gasteiger partial charge in [0.25, 0.3) is 0 Å². The normalized spacial score (nSPS) is 11.4. The van der Waals surface area contributed by atoms with Gasteiger partial charge in [-0.2, -0.15) is 0 Å². The smallest absolute Gasteiger partial charge is 0.219 e. The number of halogens is 1. The topological polar surface area (TPSA) is 55.1 Å². The van der Waals surface area contributed by atoms with Gasteiger partial charge in [-0.25, -0.2) is 4.39 Å². The largest absolute Gasteiger partial charge is 0.370 e.